The molecule has 0 bridgehead atoms. The lowest BCUT2D eigenvalue weighted by molar-refractivity contribution is -0.116. The van der Waals surface area contributed by atoms with Gasteiger partial charge in [0.15, 0.2) is 0 Å². The van der Waals surface area contributed by atoms with E-state index in [0.717, 1.165) is 55.8 Å². The lowest BCUT2D eigenvalue weighted by Crippen LogP contribution is -2.33. The molecule has 1 amide bonds. The molecule has 0 N–H and O–H groups in total. The van der Waals surface area contributed by atoms with Crippen LogP contribution < -0.4 is 9.64 Å². The Kier molecular flexibility index (Phi) is 8.68. The van der Waals surface area contributed by atoms with Crippen LogP contribution in [0.5, 0.6) is 5.75 Å². The second-order valence-corrected chi connectivity index (χ2v) is 9.23. The predicted molar refractivity (Wildman–Crippen MR) is 130 cm³/mol. The number of nitrogens with zero attached hydrogens (tertiary/aromatic N) is 2. The number of amides is 1. The minimum absolute atomic E-state index is 0.0509. The normalized spacial score (nSPS) is 16.2. The van der Waals surface area contributed by atoms with Crippen LogP contribution in [0, 0.1) is 11.7 Å². The van der Waals surface area contributed by atoms with Gasteiger partial charge in [0.2, 0.25) is 5.91 Å². The van der Waals surface area contributed by atoms with Crippen molar-refractivity contribution in [3.63, 3.8) is 0 Å². The van der Waals surface area contributed by atoms with Gasteiger partial charge in [-0.2, -0.15) is 0 Å². The van der Waals surface area contributed by atoms with E-state index >= 15 is 0 Å². The summed E-state index contributed by atoms with van der Waals surface area (Å²) in [6.07, 6.45) is 5.73. The highest BCUT2D eigenvalue weighted by molar-refractivity contribution is 5.93. The summed E-state index contributed by atoms with van der Waals surface area (Å²) < 4.78 is 20.3. The molecule has 3 rings (SSSR count). The van der Waals surface area contributed by atoms with Gasteiger partial charge in [-0.3, -0.25) is 9.69 Å². The van der Waals surface area contributed by atoms with E-state index in [0.29, 0.717) is 17.2 Å². The molecule has 2 aromatic rings. The molecule has 0 saturated heterocycles. The molecule has 5 heteroatoms. The SMILES string of the molecule is COc1cccc(F)c1-c1ccc2c(c1)CN(CC(C)C)CCCCCCCN2C(C)=O. The first-order valence-corrected chi connectivity index (χ1v) is 11.9. The lowest BCUT2D eigenvalue weighted by atomic mass is 9.98. The minimum atomic E-state index is -0.306. The van der Waals surface area contributed by atoms with E-state index in [1.165, 1.54) is 25.3 Å². The summed E-state index contributed by atoms with van der Waals surface area (Å²) in [5, 5.41) is 0. The van der Waals surface area contributed by atoms with Gasteiger partial charge in [0, 0.05) is 32.2 Å². The van der Waals surface area contributed by atoms with Gasteiger partial charge in [-0.1, -0.05) is 45.2 Å². The third-order valence-electron chi connectivity index (χ3n) is 6.11. The standard InChI is InChI=1S/C27H37FN2O2/c1-20(2)18-29-15-8-6-5-7-9-16-30(21(3)31)25-14-13-22(17-23(25)19-29)27-24(28)11-10-12-26(27)32-4/h10-14,17,20H,5-9,15-16,18-19H2,1-4H3. The van der Waals surface area contributed by atoms with E-state index in [1.54, 1.807) is 26.2 Å². The first-order valence-electron chi connectivity index (χ1n) is 11.9. The van der Waals surface area contributed by atoms with Gasteiger partial charge < -0.3 is 9.64 Å². The Morgan fingerprint density at radius 1 is 1.06 bits per heavy atom. The summed E-state index contributed by atoms with van der Waals surface area (Å²) >= 11 is 0. The third kappa shape index (κ3) is 6.10. The lowest BCUT2D eigenvalue weighted by Gasteiger charge is -2.30. The number of halogens is 1. The molecule has 174 valence electrons. The van der Waals surface area contributed by atoms with Gasteiger partial charge >= 0.3 is 0 Å². The molecule has 1 heterocycles. The number of fused-ring (bicyclic) bond motifs is 1. The number of benzene rings is 2. The molecule has 0 atom stereocenters. The number of methoxy groups -OCH3 is 1. The number of anilines is 1. The van der Waals surface area contributed by atoms with E-state index in [1.807, 2.05) is 23.1 Å². The fourth-order valence-corrected chi connectivity index (χ4v) is 4.66. The molecular formula is C27H37FN2O2. The van der Waals surface area contributed by atoms with Crippen molar-refractivity contribution in [1.82, 2.24) is 4.90 Å². The van der Waals surface area contributed by atoms with Crippen LogP contribution in [0.25, 0.3) is 11.1 Å². The number of hydrogen-bond donors (Lipinski definition) is 0. The molecule has 0 saturated carbocycles. The van der Waals surface area contributed by atoms with Gasteiger partial charge in [-0.15, -0.1) is 0 Å². The highest BCUT2D eigenvalue weighted by Gasteiger charge is 2.21. The Morgan fingerprint density at radius 3 is 2.47 bits per heavy atom. The van der Waals surface area contributed by atoms with Gasteiger partial charge in [0.1, 0.15) is 11.6 Å². The summed E-state index contributed by atoms with van der Waals surface area (Å²) in [7, 11) is 1.56. The summed E-state index contributed by atoms with van der Waals surface area (Å²) in [6.45, 7) is 9.59. The van der Waals surface area contributed by atoms with Crippen molar-refractivity contribution >= 4 is 11.6 Å². The van der Waals surface area contributed by atoms with E-state index in [9.17, 15) is 9.18 Å². The molecule has 0 radical (unpaired) electrons. The zero-order valence-corrected chi connectivity index (χ0v) is 20.0. The summed E-state index contributed by atoms with van der Waals surface area (Å²) in [6, 6.07) is 10.8. The average Bonchev–Trinajstić information content (AvgIpc) is 2.74. The average molecular weight is 441 g/mol. The monoisotopic (exact) mass is 440 g/mol. The zero-order chi connectivity index (χ0) is 23.1. The van der Waals surface area contributed by atoms with Crippen LogP contribution in [0.15, 0.2) is 36.4 Å². The van der Waals surface area contributed by atoms with Crippen molar-refractivity contribution in [2.75, 3.05) is 31.6 Å². The molecule has 4 nitrogen and oxygen atoms in total. The largest absolute Gasteiger partial charge is 0.496 e. The van der Waals surface area contributed by atoms with E-state index in [4.69, 9.17) is 4.74 Å². The Balaban J connectivity index is 2.10. The maximum atomic E-state index is 14.8. The first kappa shape index (κ1) is 24.2. The van der Waals surface area contributed by atoms with E-state index in [-0.39, 0.29) is 11.7 Å². The smallest absolute Gasteiger partial charge is 0.223 e. The summed E-state index contributed by atoms with van der Waals surface area (Å²) in [5.74, 6) is 0.806. The fraction of sp³-hybridized carbons (Fsp3) is 0.519. The molecule has 0 aromatic heterocycles. The second-order valence-electron chi connectivity index (χ2n) is 9.23. The van der Waals surface area contributed by atoms with Crippen LogP contribution in [0.3, 0.4) is 0 Å². The van der Waals surface area contributed by atoms with Crippen LogP contribution in [-0.2, 0) is 11.3 Å². The van der Waals surface area contributed by atoms with Crippen LogP contribution in [0.1, 0.15) is 58.4 Å². The number of ether oxygens (including phenoxy) is 1. The van der Waals surface area contributed by atoms with Gasteiger partial charge in [0.05, 0.1) is 12.7 Å². The third-order valence-corrected chi connectivity index (χ3v) is 6.11. The Labute approximate surface area is 192 Å². The van der Waals surface area contributed by atoms with Crippen molar-refractivity contribution in [2.45, 2.75) is 59.4 Å². The zero-order valence-electron chi connectivity index (χ0n) is 20.0. The van der Waals surface area contributed by atoms with E-state index < -0.39 is 0 Å². The topological polar surface area (TPSA) is 32.8 Å². The molecule has 0 unspecified atom stereocenters. The molecule has 0 fully saturated rings. The Hall–Kier alpha value is -2.40. The minimum Gasteiger partial charge on any atom is -0.496 e. The Morgan fingerprint density at radius 2 is 1.78 bits per heavy atom. The van der Waals surface area contributed by atoms with Crippen LogP contribution >= 0.6 is 0 Å². The van der Waals surface area contributed by atoms with Crippen molar-refractivity contribution in [2.24, 2.45) is 5.92 Å². The van der Waals surface area contributed by atoms with Crippen molar-refractivity contribution in [3.8, 4) is 16.9 Å². The molecular weight excluding hydrogens is 403 g/mol. The fourth-order valence-electron chi connectivity index (χ4n) is 4.66. The second kappa shape index (κ2) is 11.5. The summed E-state index contributed by atoms with van der Waals surface area (Å²) in [4.78, 5) is 17.0. The van der Waals surface area contributed by atoms with Gasteiger partial charge in [-0.05, 0) is 60.7 Å². The maximum Gasteiger partial charge on any atom is 0.223 e. The maximum absolute atomic E-state index is 14.8. The van der Waals surface area contributed by atoms with Gasteiger partial charge in [-0.25, -0.2) is 4.39 Å². The molecule has 2 aromatic carbocycles. The first-order chi connectivity index (χ1) is 15.4. The molecule has 0 spiro atoms. The van der Waals surface area contributed by atoms with Crippen LogP contribution in [0.2, 0.25) is 0 Å². The number of rotatable bonds is 4. The predicted octanol–water partition coefficient (Wildman–Crippen LogP) is 6.28. The highest BCUT2D eigenvalue weighted by atomic mass is 19.1. The Bertz CT molecular complexity index is 913. The molecule has 1 aliphatic heterocycles. The van der Waals surface area contributed by atoms with Crippen molar-refractivity contribution in [1.29, 1.82) is 0 Å². The van der Waals surface area contributed by atoms with Gasteiger partial charge in [0.25, 0.3) is 0 Å². The van der Waals surface area contributed by atoms with Crippen LogP contribution in [0.4, 0.5) is 10.1 Å². The molecule has 1 aliphatic rings. The number of hydrogen-bond acceptors (Lipinski definition) is 3. The highest BCUT2D eigenvalue weighted by Crippen LogP contribution is 2.36. The quantitative estimate of drug-likeness (QED) is 0.561. The molecule has 0 aliphatic carbocycles. The van der Waals surface area contributed by atoms with Crippen molar-refractivity contribution in [3.05, 3.63) is 47.8 Å². The number of carbonyl (C=O) groups is 1. The van der Waals surface area contributed by atoms with Crippen molar-refractivity contribution < 1.29 is 13.9 Å². The summed E-state index contributed by atoms with van der Waals surface area (Å²) in [5.41, 5.74) is 3.24. The number of carbonyl (C=O) groups excluding carboxylic acids is 1. The van der Waals surface area contributed by atoms with E-state index in [2.05, 4.69) is 18.7 Å². The van der Waals surface area contributed by atoms with Crippen LogP contribution in [-0.4, -0.2) is 37.6 Å². The molecule has 32 heavy (non-hydrogen) atoms.